The van der Waals surface area contributed by atoms with E-state index in [9.17, 15) is 14.0 Å². The van der Waals surface area contributed by atoms with Gasteiger partial charge in [0.15, 0.2) is 0 Å². The van der Waals surface area contributed by atoms with Gasteiger partial charge >= 0.3 is 6.03 Å². The summed E-state index contributed by atoms with van der Waals surface area (Å²) in [6.07, 6.45) is 0.211. The third kappa shape index (κ3) is 5.53. The van der Waals surface area contributed by atoms with E-state index in [0.717, 1.165) is 13.1 Å². The first-order valence-electron chi connectivity index (χ1n) is 9.47. The standard InChI is InChI=1S/C21H25FN4O2/c1-25(14-16-6-3-2-4-7-16)11-10-23-21(28)24-18-13-20(27)26(15-18)19-9-5-8-17(22)12-19/h2-9,12,18H,10-11,13-15H2,1H3,(H2,23,24,28)/p+1/t18-/m1/s1. The molecule has 3 amide bonds. The van der Waals surface area contributed by atoms with Gasteiger partial charge in [0.1, 0.15) is 12.4 Å². The molecule has 1 fully saturated rings. The molecule has 0 saturated carbocycles. The Hall–Kier alpha value is -2.93. The summed E-state index contributed by atoms with van der Waals surface area (Å²) in [5, 5.41) is 5.68. The van der Waals surface area contributed by atoms with Gasteiger partial charge < -0.3 is 20.4 Å². The van der Waals surface area contributed by atoms with E-state index in [1.165, 1.54) is 27.5 Å². The molecule has 2 aromatic carbocycles. The third-order valence-electron chi connectivity index (χ3n) is 4.77. The number of likely N-dealkylation sites (N-methyl/N-ethyl adjacent to an activating group) is 1. The first-order chi connectivity index (χ1) is 13.5. The van der Waals surface area contributed by atoms with Crippen molar-refractivity contribution < 1.29 is 18.9 Å². The van der Waals surface area contributed by atoms with Gasteiger partial charge in [0, 0.05) is 24.2 Å². The van der Waals surface area contributed by atoms with Crippen LogP contribution >= 0.6 is 0 Å². The lowest BCUT2D eigenvalue weighted by atomic mass is 10.2. The summed E-state index contributed by atoms with van der Waals surface area (Å²) in [7, 11) is 2.08. The fraction of sp³-hybridized carbons (Fsp3) is 0.333. The molecule has 0 bridgehead atoms. The number of halogens is 1. The molecule has 1 unspecified atom stereocenters. The average Bonchev–Trinajstić information content (AvgIpc) is 3.02. The summed E-state index contributed by atoms with van der Waals surface area (Å²) in [6, 6.07) is 15.6. The van der Waals surface area contributed by atoms with Crippen molar-refractivity contribution in [3.63, 3.8) is 0 Å². The summed E-state index contributed by atoms with van der Waals surface area (Å²) >= 11 is 0. The van der Waals surface area contributed by atoms with Crippen molar-refractivity contribution in [1.82, 2.24) is 10.6 Å². The zero-order chi connectivity index (χ0) is 19.9. The molecule has 3 N–H and O–H groups in total. The zero-order valence-corrected chi connectivity index (χ0v) is 16.0. The number of anilines is 1. The van der Waals surface area contributed by atoms with Crippen molar-refractivity contribution in [1.29, 1.82) is 0 Å². The quantitative estimate of drug-likeness (QED) is 0.664. The lowest BCUT2D eigenvalue weighted by molar-refractivity contribution is -0.892. The summed E-state index contributed by atoms with van der Waals surface area (Å²) in [4.78, 5) is 27.1. The van der Waals surface area contributed by atoms with Crippen molar-refractivity contribution in [2.24, 2.45) is 0 Å². The first-order valence-corrected chi connectivity index (χ1v) is 9.47. The van der Waals surface area contributed by atoms with Crippen LogP contribution in [0.5, 0.6) is 0 Å². The molecule has 7 heteroatoms. The molecule has 0 radical (unpaired) electrons. The van der Waals surface area contributed by atoms with Gasteiger partial charge in [-0.15, -0.1) is 0 Å². The monoisotopic (exact) mass is 385 g/mol. The van der Waals surface area contributed by atoms with Crippen molar-refractivity contribution in [3.8, 4) is 0 Å². The van der Waals surface area contributed by atoms with Crippen molar-refractivity contribution >= 4 is 17.6 Å². The van der Waals surface area contributed by atoms with Crippen LogP contribution in [0.1, 0.15) is 12.0 Å². The van der Waals surface area contributed by atoms with Crippen LogP contribution in [0, 0.1) is 5.82 Å². The van der Waals surface area contributed by atoms with Crippen LogP contribution < -0.4 is 20.4 Å². The Morgan fingerprint density at radius 3 is 2.75 bits per heavy atom. The van der Waals surface area contributed by atoms with Gasteiger partial charge in [-0.1, -0.05) is 36.4 Å². The Morgan fingerprint density at radius 1 is 1.21 bits per heavy atom. The van der Waals surface area contributed by atoms with E-state index >= 15 is 0 Å². The number of rotatable bonds is 7. The Kier molecular flexibility index (Phi) is 6.60. The van der Waals surface area contributed by atoms with Crippen LogP contribution in [0.3, 0.4) is 0 Å². The van der Waals surface area contributed by atoms with Crippen LogP contribution in [0.25, 0.3) is 0 Å². The molecule has 0 spiro atoms. The van der Waals surface area contributed by atoms with Crippen LogP contribution in [0.15, 0.2) is 54.6 Å². The van der Waals surface area contributed by atoms with Crippen LogP contribution in [-0.2, 0) is 11.3 Å². The number of nitrogens with zero attached hydrogens (tertiary/aromatic N) is 1. The van der Waals surface area contributed by atoms with Gasteiger partial charge in [0.25, 0.3) is 0 Å². The van der Waals surface area contributed by atoms with Gasteiger partial charge in [-0.3, -0.25) is 4.79 Å². The maximum absolute atomic E-state index is 13.4. The van der Waals surface area contributed by atoms with Crippen LogP contribution in [-0.4, -0.2) is 44.7 Å². The van der Waals surface area contributed by atoms with Gasteiger partial charge in [-0.2, -0.15) is 0 Å². The molecule has 28 heavy (non-hydrogen) atoms. The molecule has 6 nitrogen and oxygen atoms in total. The Balaban J connectivity index is 1.40. The second-order valence-electron chi connectivity index (χ2n) is 7.15. The smallest absolute Gasteiger partial charge is 0.315 e. The van der Waals surface area contributed by atoms with E-state index in [2.05, 4.69) is 29.8 Å². The predicted molar refractivity (Wildman–Crippen MR) is 106 cm³/mol. The lowest BCUT2D eigenvalue weighted by Crippen LogP contribution is -3.08. The number of carbonyl (C=O) groups excluding carboxylic acids is 2. The summed E-state index contributed by atoms with van der Waals surface area (Å²) in [5.74, 6) is -0.510. The highest BCUT2D eigenvalue weighted by atomic mass is 19.1. The van der Waals surface area contributed by atoms with Crippen molar-refractivity contribution in [2.45, 2.75) is 19.0 Å². The van der Waals surface area contributed by atoms with E-state index < -0.39 is 0 Å². The number of urea groups is 1. The number of carbonyl (C=O) groups is 2. The number of nitrogens with one attached hydrogen (secondary N) is 3. The maximum atomic E-state index is 13.4. The number of amides is 3. The molecule has 0 aliphatic carbocycles. The SMILES string of the molecule is C[NH+](CCNC(=O)N[C@@H]1CC(=O)N(c2cccc(F)c2)C1)Cc1ccccc1. The number of quaternary nitrogens is 1. The first kappa shape index (κ1) is 19.8. The van der Waals surface area contributed by atoms with Crippen LogP contribution in [0.2, 0.25) is 0 Å². The Morgan fingerprint density at radius 2 is 2.00 bits per heavy atom. The molecular weight excluding hydrogens is 359 g/mol. The zero-order valence-electron chi connectivity index (χ0n) is 16.0. The normalized spacial score (nSPS) is 17.4. The molecule has 3 rings (SSSR count). The van der Waals surface area contributed by atoms with Crippen LogP contribution in [0.4, 0.5) is 14.9 Å². The highest BCUT2D eigenvalue weighted by molar-refractivity contribution is 5.96. The van der Waals surface area contributed by atoms with E-state index in [1.54, 1.807) is 12.1 Å². The minimum absolute atomic E-state index is 0.122. The minimum atomic E-state index is -0.387. The van der Waals surface area contributed by atoms with E-state index in [4.69, 9.17) is 0 Å². The maximum Gasteiger partial charge on any atom is 0.315 e. The molecule has 0 aromatic heterocycles. The highest BCUT2D eigenvalue weighted by Crippen LogP contribution is 2.22. The lowest BCUT2D eigenvalue weighted by Gasteiger charge is -2.18. The van der Waals surface area contributed by atoms with E-state index in [0.29, 0.717) is 18.8 Å². The molecule has 1 heterocycles. The topological polar surface area (TPSA) is 65.9 Å². The molecule has 1 aliphatic heterocycles. The Bertz CT molecular complexity index is 815. The summed E-state index contributed by atoms with van der Waals surface area (Å²) < 4.78 is 13.4. The van der Waals surface area contributed by atoms with Gasteiger partial charge in [-0.05, 0) is 18.2 Å². The molecular formula is C21H26FN4O2+. The second kappa shape index (κ2) is 9.32. The third-order valence-corrected chi connectivity index (χ3v) is 4.77. The fourth-order valence-corrected chi connectivity index (χ4v) is 3.36. The summed E-state index contributed by atoms with van der Waals surface area (Å²) in [5.41, 5.74) is 1.77. The van der Waals surface area contributed by atoms with Gasteiger partial charge in [0.05, 0.1) is 26.2 Å². The molecule has 1 aliphatic rings. The average molecular weight is 385 g/mol. The second-order valence-corrected chi connectivity index (χ2v) is 7.15. The number of hydrogen-bond acceptors (Lipinski definition) is 2. The largest absolute Gasteiger partial charge is 0.333 e. The van der Waals surface area contributed by atoms with E-state index in [-0.39, 0.29) is 30.2 Å². The molecule has 2 atom stereocenters. The Labute approximate surface area is 164 Å². The molecule has 148 valence electrons. The summed E-state index contributed by atoms with van der Waals surface area (Å²) in [6.45, 7) is 2.57. The van der Waals surface area contributed by atoms with Crippen molar-refractivity contribution in [2.75, 3.05) is 31.6 Å². The van der Waals surface area contributed by atoms with Gasteiger partial charge in [-0.25, -0.2) is 9.18 Å². The number of benzene rings is 2. The minimum Gasteiger partial charge on any atom is -0.333 e. The van der Waals surface area contributed by atoms with Gasteiger partial charge in [0.2, 0.25) is 5.91 Å². The number of hydrogen-bond donors (Lipinski definition) is 3. The highest BCUT2D eigenvalue weighted by Gasteiger charge is 2.31. The molecule has 2 aromatic rings. The fourth-order valence-electron chi connectivity index (χ4n) is 3.36. The van der Waals surface area contributed by atoms with E-state index in [1.807, 2.05) is 18.2 Å². The molecule has 1 saturated heterocycles. The predicted octanol–water partition coefficient (Wildman–Crippen LogP) is 0.945. The van der Waals surface area contributed by atoms with Crippen molar-refractivity contribution in [3.05, 3.63) is 66.0 Å².